The van der Waals surface area contributed by atoms with Gasteiger partial charge in [-0.3, -0.25) is 4.98 Å². The summed E-state index contributed by atoms with van der Waals surface area (Å²) in [6.45, 7) is 0. The van der Waals surface area contributed by atoms with Gasteiger partial charge in [0.05, 0.1) is 5.69 Å². The third kappa shape index (κ3) is 4.88. The van der Waals surface area contributed by atoms with Crippen LogP contribution in [0.2, 0.25) is 0 Å². The van der Waals surface area contributed by atoms with Gasteiger partial charge in [-0.25, -0.2) is 15.0 Å². The first kappa shape index (κ1) is 27.8. The van der Waals surface area contributed by atoms with E-state index in [9.17, 15) is 0 Å². The molecule has 0 aliphatic rings. The molecule has 0 bridgehead atoms. The number of benzene rings is 7. The Morgan fingerprint density at radius 3 is 1.46 bits per heavy atom. The van der Waals surface area contributed by atoms with Crippen LogP contribution >= 0.6 is 0 Å². The highest BCUT2D eigenvalue weighted by molar-refractivity contribution is 6.28. The number of hydrogen-bond donors (Lipinski definition) is 0. The molecule has 4 nitrogen and oxygen atoms in total. The molecule has 0 fully saturated rings. The molecular formula is C44H28N4. The van der Waals surface area contributed by atoms with Crippen LogP contribution in [-0.2, 0) is 0 Å². The normalized spacial score (nSPS) is 11.3. The molecule has 9 aromatic rings. The molecule has 0 saturated heterocycles. The van der Waals surface area contributed by atoms with Crippen LogP contribution in [0.3, 0.4) is 0 Å². The van der Waals surface area contributed by atoms with E-state index in [4.69, 9.17) is 15.0 Å². The van der Waals surface area contributed by atoms with Gasteiger partial charge in [0.1, 0.15) is 0 Å². The fraction of sp³-hybridized carbons (Fsp3) is 0. The predicted octanol–water partition coefficient (Wildman–Crippen LogP) is 11.1. The van der Waals surface area contributed by atoms with E-state index in [1.54, 1.807) is 0 Å². The Morgan fingerprint density at radius 1 is 0.312 bits per heavy atom. The summed E-state index contributed by atoms with van der Waals surface area (Å²) in [4.78, 5) is 20.0. The summed E-state index contributed by atoms with van der Waals surface area (Å²) in [7, 11) is 0. The summed E-state index contributed by atoms with van der Waals surface area (Å²) in [6, 6.07) is 56.8. The molecule has 0 unspecified atom stereocenters. The van der Waals surface area contributed by atoms with Crippen molar-refractivity contribution in [2.45, 2.75) is 0 Å². The molecule has 224 valence electrons. The summed E-state index contributed by atoms with van der Waals surface area (Å²) in [5, 5.41) is 7.11. The monoisotopic (exact) mass is 612 g/mol. The van der Waals surface area contributed by atoms with Crippen molar-refractivity contribution >= 4 is 32.3 Å². The molecule has 0 atom stereocenters. The van der Waals surface area contributed by atoms with Crippen LogP contribution in [0.1, 0.15) is 0 Å². The maximum absolute atomic E-state index is 5.24. The molecule has 0 aliphatic heterocycles. The molecule has 7 aromatic carbocycles. The topological polar surface area (TPSA) is 51.6 Å². The Kier molecular flexibility index (Phi) is 6.76. The lowest BCUT2D eigenvalue weighted by atomic mass is 9.88. The van der Waals surface area contributed by atoms with Gasteiger partial charge in [-0.1, -0.05) is 140 Å². The Hall–Kier alpha value is -6.52. The van der Waals surface area contributed by atoms with Gasteiger partial charge in [0, 0.05) is 33.8 Å². The van der Waals surface area contributed by atoms with E-state index in [-0.39, 0.29) is 0 Å². The maximum Gasteiger partial charge on any atom is 0.164 e. The van der Waals surface area contributed by atoms with Gasteiger partial charge in [-0.05, 0) is 62.3 Å². The number of rotatable bonds is 5. The van der Waals surface area contributed by atoms with Crippen molar-refractivity contribution in [1.82, 2.24) is 19.9 Å². The van der Waals surface area contributed by atoms with E-state index in [1.807, 2.05) is 42.6 Å². The smallest absolute Gasteiger partial charge is 0.164 e. The standard InChI is InChI=1S/C44H28N4/c1-3-13-29(14-4-1)33-27-38-36-19-8-7-17-34(36)35-18-9-10-20-37(35)41(38)39(28-33)44-47-42(31-15-5-2-6-16-31)46-43(48-44)32-24-22-30(23-25-32)40-21-11-12-26-45-40/h1-28H. The summed E-state index contributed by atoms with van der Waals surface area (Å²) in [5.74, 6) is 1.89. The van der Waals surface area contributed by atoms with Crippen LogP contribution < -0.4 is 0 Å². The van der Waals surface area contributed by atoms with Crippen molar-refractivity contribution in [3.8, 4) is 56.5 Å². The molecule has 48 heavy (non-hydrogen) atoms. The Morgan fingerprint density at radius 2 is 0.812 bits per heavy atom. The number of fused-ring (bicyclic) bond motifs is 6. The molecular weight excluding hydrogens is 585 g/mol. The van der Waals surface area contributed by atoms with Crippen molar-refractivity contribution in [2.24, 2.45) is 0 Å². The second-order valence-electron chi connectivity index (χ2n) is 11.9. The largest absolute Gasteiger partial charge is 0.256 e. The van der Waals surface area contributed by atoms with Gasteiger partial charge >= 0.3 is 0 Å². The zero-order valence-corrected chi connectivity index (χ0v) is 26.0. The van der Waals surface area contributed by atoms with Crippen molar-refractivity contribution in [2.75, 3.05) is 0 Å². The Labute approximate surface area is 278 Å². The Bertz CT molecular complexity index is 2580. The van der Waals surface area contributed by atoms with Gasteiger partial charge in [-0.2, -0.15) is 0 Å². The Balaban J connectivity index is 1.35. The number of hydrogen-bond acceptors (Lipinski definition) is 4. The first-order valence-electron chi connectivity index (χ1n) is 16.1. The average molecular weight is 613 g/mol. The van der Waals surface area contributed by atoms with Crippen molar-refractivity contribution < 1.29 is 0 Å². The van der Waals surface area contributed by atoms with Crippen LogP contribution in [0, 0.1) is 0 Å². The summed E-state index contributed by atoms with van der Waals surface area (Å²) in [5.41, 5.74) is 7.03. The van der Waals surface area contributed by atoms with E-state index in [2.05, 4.69) is 132 Å². The van der Waals surface area contributed by atoms with Crippen LogP contribution in [0.15, 0.2) is 170 Å². The third-order valence-corrected chi connectivity index (χ3v) is 8.96. The van der Waals surface area contributed by atoms with E-state index in [0.29, 0.717) is 17.5 Å². The molecule has 0 N–H and O–H groups in total. The molecule has 0 aliphatic carbocycles. The lowest BCUT2D eigenvalue weighted by molar-refractivity contribution is 1.08. The van der Waals surface area contributed by atoms with Crippen molar-refractivity contribution in [1.29, 1.82) is 0 Å². The highest BCUT2D eigenvalue weighted by Gasteiger charge is 2.19. The molecule has 2 aromatic heterocycles. The zero-order chi connectivity index (χ0) is 31.9. The minimum absolute atomic E-state index is 0.620. The summed E-state index contributed by atoms with van der Waals surface area (Å²) in [6.07, 6.45) is 1.81. The third-order valence-electron chi connectivity index (χ3n) is 8.96. The van der Waals surface area contributed by atoms with Crippen LogP contribution in [0.5, 0.6) is 0 Å². The lowest BCUT2D eigenvalue weighted by Crippen LogP contribution is -2.01. The van der Waals surface area contributed by atoms with E-state index in [1.165, 1.54) is 26.9 Å². The van der Waals surface area contributed by atoms with Gasteiger partial charge in [0.15, 0.2) is 17.5 Å². The average Bonchev–Trinajstić information content (AvgIpc) is 3.18. The summed E-state index contributed by atoms with van der Waals surface area (Å²) < 4.78 is 0. The van der Waals surface area contributed by atoms with E-state index < -0.39 is 0 Å². The highest BCUT2D eigenvalue weighted by Crippen LogP contribution is 2.42. The molecule has 0 saturated carbocycles. The van der Waals surface area contributed by atoms with Crippen LogP contribution in [-0.4, -0.2) is 19.9 Å². The van der Waals surface area contributed by atoms with E-state index in [0.717, 1.165) is 44.5 Å². The van der Waals surface area contributed by atoms with Gasteiger partial charge in [-0.15, -0.1) is 0 Å². The molecule has 4 heteroatoms. The molecule has 9 rings (SSSR count). The molecule has 0 amide bonds. The minimum Gasteiger partial charge on any atom is -0.256 e. The minimum atomic E-state index is 0.620. The SMILES string of the molecule is c1ccc(-c2cc(-c3nc(-c4ccccc4)nc(-c4ccc(-c5ccccn5)cc4)n3)c3c4ccccc4c4ccccc4c3c2)cc1. The number of pyridine rings is 1. The van der Waals surface area contributed by atoms with Crippen molar-refractivity contribution in [3.63, 3.8) is 0 Å². The summed E-state index contributed by atoms with van der Waals surface area (Å²) >= 11 is 0. The van der Waals surface area contributed by atoms with Gasteiger partial charge in [0.25, 0.3) is 0 Å². The maximum atomic E-state index is 5.24. The zero-order valence-electron chi connectivity index (χ0n) is 26.0. The highest BCUT2D eigenvalue weighted by atomic mass is 15.0. The van der Waals surface area contributed by atoms with Crippen LogP contribution in [0.25, 0.3) is 88.9 Å². The lowest BCUT2D eigenvalue weighted by Gasteiger charge is -2.17. The van der Waals surface area contributed by atoms with E-state index >= 15 is 0 Å². The number of nitrogens with zero attached hydrogens (tertiary/aromatic N) is 4. The fourth-order valence-corrected chi connectivity index (χ4v) is 6.67. The number of aromatic nitrogens is 4. The second kappa shape index (κ2) is 11.7. The van der Waals surface area contributed by atoms with Crippen molar-refractivity contribution in [3.05, 3.63) is 170 Å². The molecule has 0 spiro atoms. The fourth-order valence-electron chi connectivity index (χ4n) is 6.67. The first-order chi connectivity index (χ1) is 23.8. The quantitative estimate of drug-likeness (QED) is 0.181. The first-order valence-corrected chi connectivity index (χ1v) is 16.1. The second-order valence-corrected chi connectivity index (χ2v) is 11.9. The predicted molar refractivity (Wildman–Crippen MR) is 197 cm³/mol. The molecule has 2 heterocycles. The van der Waals surface area contributed by atoms with Crippen LogP contribution in [0.4, 0.5) is 0 Å². The molecule has 0 radical (unpaired) electrons. The van der Waals surface area contributed by atoms with Gasteiger partial charge < -0.3 is 0 Å². The van der Waals surface area contributed by atoms with Gasteiger partial charge in [0.2, 0.25) is 0 Å².